The van der Waals surface area contributed by atoms with Crippen LogP contribution >= 0.6 is 34.8 Å². The van der Waals surface area contributed by atoms with E-state index in [1.54, 1.807) is 54.6 Å². The average molecular weight is 409 g/mol. The molecule has 1 aliphatic rings. The molecular weight excluding hydrogens is 393 g/mol. The Kier molecular flexibility index (Phi) is 5.16. The number of alkyl halides is 1. The number of carbonyl (C=O) groups is 2. The Balaban J connectivity index is 2.26. The molecule has 3 rings (SSSR count). The van der Waals surface area contributed by atoms with Gasteiger partial charge in [0.15, 0.2) is 0 Å². The first-order valence-electron chi connectivity index (χ1n) is 8.07. The van der Waals surface area contributed by atoms with Gasteiger partial charge in [-0.25, -0.2) is 0 Å². The number of benzene rings is 2. The second kappa shape index (κ2) is 7.07. The predicted octanol–water partition coefficient (Wildman–Crippen LogP) is 5.50. The molecule has 2 aromatic rings. The lowest BCUT2D eigenvalue weighted by Gasteiger charge is -2.39. The molecule has 0 saturated heterocycles. The molecule has 3 nitrogen and oxygen atoms in total. The summed E-state index contributed by atoms with van der Waals surface area (Å²) in [5.74, 6) is -1.32. The summed E-state index contributed by atoms with van der Waals surface area (Å²) in [5, 5.41) is 0.504. The fourth-order valence-corrected chi connectivity index (χ4v) is 3.93. The molecule has 0 fully saturated rings. The van der Waals surface area contributed by atoms with Gasteiger partial charge in [0.05, 0.1) is 5.70 Å². The molecular formula is C20H16Cl3NO2. The van der Waals surface area contributed by atoms with Gasteiger partial charge in [0.25, 0.3) is 5.91 Å². The Bertz CT molecular complexity index is 891. The Morgan fingerprint density at radius 3 is 2.04 bits per heavy atom. The quantitative estimate of drug-likeness (QED) is 0.497. The minimum Gasteiger partial charge on any atom is -0.290 e. The molecule has 0 aromatic heterocycles. The molecule has 0 saturated carbocycles. The van der Waals surface area contributed by atoms with Crippen molar-refractivity contribution in [1.29, 1.82) is 0 Å². The van der Waals surface area contributed by atoms with Gasteiger partial charge in [-0.05, 0) is 35.7 Å². The largest absolute Gasteiger partial charge is 0.290 e. The summed E-state index contributed by atoms with van der Waals surface area (Å²) in [7, 11) is 0. The lowest BCUT2D eigenvalue weighted by molar-refractivity contribution is -0.129. The summed E-state index contributed by atoms with van der Waals surface area (Å²) in [5.41, 5.74) is 1.36. The zero-order valence-corrected chi connectivity index (χ0v) is 16.4. The number of amides is 1. The van der Waals surface area contributed by atoms with Gasteiger partial charge in [0, 0.05) is 10.7 Å². The summed E-state index contributed by atoms with van der Waals surface area (Å²) in [6, 6.07) is 15.3. The highest BCUT2D eigenvalue weighted by atomic mass is 35.5. The third-order valence-electron chi connectivity index (χ3n) is 4.28. The SMILES string of the molecule is CC(C)C1=C(Cl)C(=O)[C@](Cl)(c2ccccc2)C(=O)N1c1ccc(Cl)cc1. The number of anilines is 1. The van der Waals surface area contributed by atoms with Crippen LogP contribution in [0.5, 0.6) is 0 Å². The molecule has 1 atom stereocenters. The van der Waals surface area contributed by atoms with Crippen LogP contribution in [0.1, 0.15) is 19.4 Å². The zero-order chi connectivity index (χ0) is 19.1. The molecule has 1 amide bonds. The maximum Gasteiger partial charge on any atom is 0.265 e. The molecule has 0 N–H and O–H groups in total. The van der Waals surface area contributed by atoms with Crippen LogP contribution in [0.25, 0.3) is 0 Å². The molecule has 0 aliphatic carbocycles. The van der Waals surface area contributed by atoms with Crippen LogP contribution in [0.3, 0.4) is 0 Å². The summed E-state index contributed by atoms with van der Waals surface area (Å²) in [6.45, 7) is 3.73. The van der Waals surface area contributed by atoms with Gasteiger partial charge in [-0.15, -0.1) is 0 Å². The fraction of sp³-hybridized carbons (Fsp3) is 0.200. The van der Waals surface area contributed by atoms with Gasteiger partial charge in [-0.2, -0.15) is 0 Å². The summed E-state index contributed by atoms with van der Waals surface area (Å²) >= 11 is 19.1. The molecule has 1 aliphatic heterocycles. The van der Waals surface area contributed by atoms with E-state index < -0.39 is 16.6 Å². The maximum absolute atomic E-state index is 13.5. The van der Waals surface area contributed by atoms with E-state index in [0.717, 1.165) is 0 Å². The number of nitrogens with zero attached hydrogens (tertiary/aromatic N) is 1. The number of carbonyl (C=O) groups excluding carboxylic acids is 2. The number of Topliss-reactive ketones (excluding diaryl/α,β-unsaturated/α-hetero) is 1. The Labute approximate surface area is 167 Å². The van der Waals surface area contributed by atoms with E-state index >= 15 is 0 Å². The summed E-state index contributed by atoms with van der Waals surface area (Å²) < 4.78 is 0. The molecule has 26 heavy (non-hydrogen) atoms. The minimum absolute atomic E-state index is 0.0339. The smallest absolute Gasteiger partial charge is 0.265 e. The first-order chi connectivity index (χ1) is 12.3. The number of hydrogen-bond acceptors (Lipinski definition) is 2. The molecule has 0 unspecified atom stereocenters. The molecule has 0 radical (unpaired) electrons. The van der Waals surface area contributed by atoms with E-state index in [9.17, 15) is 9.59 Å². The van der Waals surface area contributed by atoms with Crippen molar-refractivity contribution >= 4 is 52.2 Å². The van der Waals surface area contributed by atoms with Crippen molar-refractivity contribution in [2.24, 2.45) is 5.92 Å². The van der Waals surface area contributed by atoms with Gasteiger partial charge in [-0.3, -0.25) is 14.5 Å². The lowest BCUT2D eigenvalue weighted by Crippen LogP contribution is -2.53. The molecule has 134 valence electrons. The summed E-state index contributed by atoms with van der Waals surface area (Å²) in [4.78, 5) is 26.0. The van der Waals surface area contributed by atoms with Crippen molar-refractivity contribution in [2.45, 2.75) is 18.7 Å². The van der Waals surface area contributed by atoms with Gasteiger partial charge >= 0.3 is 0 Å². The van der Waals surface area contributed by atoms with Crippen LogP contribution in [-0.2, 0) is 14.5 Å². The Morgan fingerprint density at radius 1 is 0.923 bits per heavy atom. The highest BCUT2D eigenvalue weighted by Crippen LogP contribution is 2.45. The monoisotopic (exact) mass is 407 g/mol. The average Bonchev–Trinajstić information content (AvgIpc) is 2.64. The number of halogens is 3. The van der Waals surface area contributed by atoms with Crippen molar-refractivity contribution < 1.29 is 9.59 Å². The number of hydrogen-bond donors (Lipinski definition) is 0. The van der Waals surface area contributed by atoms with Crippen molar-refractivity contribution in [2.75, 3.05) is 4.90 Å². The van der Waals surface area contributed by atoms with E-state index in [1.165, 1.54) is 4.90 Å². The number of rotatable bonds is 3. The third-order valence-corrected chi connectivity index (χ3v) is 5.45. The normalized spacial score (nSPS) is 20.9. The highest BCUT2D eigenvalue weighted by molar-refractivity contribution is 6.58. The predicted molar refractivity (Wildman–Crippen MR) is 106 cm³/mol. The molecule has 6 heteroatoms. The summed E-state index contributed by atoms with van der Waals surface area (Å²) in [6.07, 6.45) is 0. The van der Waals surface area contributed by atoms with Gasteiger partial charge < -0.3 is 0 Å². The molecule has 2 aromatic carbocycles. The fourth-order valence-electron chi connectivity index (χ4n) is 3.01. The second-order valence-corrected chi connectivity index (χ2v) is 7.71. The number of allylic oxidation sites excluding steroid dienone is 2. The van der Waals surface area contributed by atoms with Crippen LogP contribution in [0.4, 0.5) is 5.69 Å². The van der Waals surface area contributed by atoms with Crippen LogP contribution in [-0.4, -0.2) is 11.7 Å². The van der Waals surface area contributed by atoms with Crippen molar-refractivity contribution in [3.63, 3.8) is 0 Å². The third kappa shape index (κ3) is 2.94. The van der Waals surface area contributed by atoms with Crippen LogP contribution in [0, 0.1) is 5.92 Å². The lowest BCUT2D eigenvalue weighted by atomic mass is 9.86. The maximum atomic E-state index is 13.5. The van der Waals surface area contributed by atoms with Crippen molar-refractivity contribution in [1.82, 2.24) is 0 Å². The van der Waals surface area contributed by atoms with E-state index in [4.69, 9.17) is 34.8 Å². The van der Waals surface area contributed by atoms with Crippen LogP contribution in [0.15, 0.2) is 65.3 Å². The molecule has 0 spiro atoms. The van der Waals surface area contributed by atoms with E-state index in [2.05, 4.69) is 0 Å². The first kappa shape index (κ1) is 19.0. The minimum atomic E-state index is -1.91. The standard InChI is InChI=1S/C20H16Cl3NO2/c1-12(2)17-16(22)18(25)20(23,13-6-4-3-5-7-13)19(26)24(17)15-10-8-14(21)9-11-15/h3-12H,1-2H3/t20-/m1/s1. The highest BCUT2D eigenvalue weighted by Gasteiger charge is 2.54. The first-order valence-corrected chi connectivity index (χ1v) is 9.21. The molecule has 1 heterocycles. The van der Waals surface area contributed by atoms with E-state index in [-0.39, 0.29) is 11.0 Å². The Hall–Kier alpha value is -1.81. The number of ketones is 1. The van der Waals surface area contributed by atoms with Crippen molar-refractivity contribution in [3.05, 3.63) is 75.9 Å². The van der Waals surface area contributed by atoms with Gasteiger partial charge in [0.2, 0.25) is 10.7 Å². The zero-order valence-electron chi connectivity index (χ0n) is 14.2. The van der Waals surface area contributed by atoms with Gasteiger partial charge in [0.1, 0.15) is 5.03 Å². The second-order valence-electron chi connectivity index (χ2n) is 6.32. The van der Waals surface area contributed by atoms with Crippen LogP contribution < -0.4 is 4.90 Å². The topological polar surface area (TPSA) is 37.4 Å². The Morgan fingerprint density at radius 2 is 1.50 bits per heavy atom. The van der Waals surface area contributed by atoms with Crippen LogP contribution in [0.2, 0.25) is 5.02 Å². The molecule has 0 bridgehead atoms. The van der Waals surface area contributed by atoms with Gasteiger partial charge in [-0.1, -0.05) is 79.0 Å². The van der Waals surface area contributed by atoms with Crippen molar-refractivity contribution in [3.8, 4) is 0 Å². The van der Waals surface area contributed by atoms with E-state index in [0.29, 0.717) is 22.0 Å². The van der Waals surface area contributed by atoms with E-state index in [1.807, 2.05) is 13.8 Å².